The van der Waals surface area contributed by atoms with Gasteiger partial charge in [-0.1, -0.05) is 24.3 Å². The molecule has 0 saturated heterocycles. The van der Waals surface area contributed by atoms with Crippen molar-refractivity contribution < 1.29 is 18.7 Å². The Labute approximate surface area is 134 Å². The van der Waals surface area contributed by atoms with Crippen molar-refractivity contribution >= 4 is 5.91 Å². The lowest BCUT2D eigenvalue weighted by Crippen LogP contribution is -2.38. The van der Waals surface area contributed by atoms with Crippen LogP contribution >= 0.6 is 0 Å². The third kappa shape index (κ3) is 4.29. The van der Waals surface area contributed by atoms with E-state index in [0.29, 0.717) is 18.9 Å². The summed E-state index contributed by atoms with van der Waals surface area (Å²) in [5.41, 5.74) is 2.47. The molecule has 120 valence electrons. The number of rotatable bonds is 5. The fourth-order valence-corrected chi connectivity index (χ4v) is 2.50. The lowest BCUT2D eigenvalue weighted by Gasteiger charge is -2.25. The number of amides is 1. The minimum atomic E-state index is -0.337. The second kappa shape index (κ2) is 7.24. The van der Waals surface area contributed by atoms with Crippen molar-refractivity contribution in [2.24, 2.45) is 0 Å². The second-order valence-corrected chi connectivity index (χ2v) is 5.45. The Morgan fingerprint density at radius 1 is 1.17 bits per heavy atom. The Morgan fingerprint density at radius 3 is 2.70 bits per heavy atom. The van der Waals surface area contributed by atoms with Crippen molar-refractivity contribution in [3.05, 3.63) is 65.5 Å². The first kappa shape index (κ1) is 15.5. The maximum atomic E-state index is 12.8. The summed E-state index contributed by atoms with van der Waals surface area (Å²) in [7, 11) is 0. The van der Waals surface area contributed by atoms with Gasteiger partial charge in [0.2, 0.25) is 0 Å². The molecule has 23 heavy (non-hydrogen) atoms. The van der Waals surface area contributed by atoms with Crippen molar-refractivity contribution in [3.8, 4) is 5.75 Å². The highest BCUT2D eigenvalue weighted by atomic mass is 19.1. The van der Waals surface area contributed by atoms with E-state index in [4.69, 9.17) is 9.47 Å². The SMILES string of the molecule is O=C(COc1ccc(F)cc1)NCC1Cc2ccccc2CO1. The predicted octanol–water partition coefficient (Wildman–Crippen LogP) is 2.46. The highest BCUT2D eigenvalue weighted by molar-refractivity contribution is 5.77. The van der Waals surface area contributed by atoms with E-state index in [1.165, 1.54) is 35.4 Å². The van der Waals surface area contributed by atoms with E-state index >= 15 is 0 Å². The van der Waals surface area contributed by atoms with Gasteiger partial charge >= 0.3 is 0 Å². The third-order valence-corrected chi connectivity index (χ3v) is 3.75. The molecular formula is C18H18FNO3. The number of benzene rings is 2. The summed E-state index contributed by atoms with van der Waals surface area (Å²) in [4.78, 5) is 11.8. The third-order valence-electron chi connectivity index (χ3n) is 3.75. The van der Waals surface area contributed by atoms with Gasteiger partial charge in [-0.15, -0.1) is 0 Å². The predicted molar refractivity (Wildman–Crippen MR) is 83.6 cm³/mol. The van der Waals surface area contributed by atoms with Crippen molar-refractivity contribution in [2.45, 2.75) is 19.1 Å². The van der Waals surface area contributed by atoms with Crippen LogP contribution in [0.5, 0.6) is 5.75 Å². The van der Waals surface area contributed by atoms with Crippen molar-refractivity contribution in [1.29, 1.82) is 0 Å². The molecule has 0 aromatic heterocycles. The largest absolute Gasteiger partial charge is 0.484 e. The molecule has 0 spiro atoms. The van der Waals surface area contributed by atoms with Gasteiger partial charge in [0.05, 0.1) is 12.7 Å². The summed E-state index contributed by atoms with van der Waals surface area (Å²) in [6.45, 7) is 0.914. The van der Waals surface area contributed by atoms with Crippen LogP contribution in [0.4, 0.5) is 4.39 Å². The number of hydrogen-bond acceptors (Lipinski definition) is 3. The number of hydrogen-bond donors (Lipinski definition) is 1. The Kier molecular flexibility index (Phi) is 4.88. The van der Waals surface area contributed by atoms with E-state index in [1.54, 1.807) is 0 Å². The smallest absolute Gasteiger partial charge is 0.258 e. The molecule has 1 aliphatic heterocycles. The Hall–Kier alpha value is -2.40. The van der Waals surface area contributed by atoms with Crippen molar-refractivity contribution in [3.63, 3.8) is 0 Å². The zero-order valence-electron chi connectivity index (χ0n) is 12.6. The summed E-state index contributed by atoms with van der Waals surface area (Å²) in [5, 5.41) is 2.80. The van der Waals surface area contributed by atoms with E-state index in [9.17, 15) is 9.18 Å². The summed E-state index contributed by atoms with van der Waals surface area (Å²) in [5.74, 6) is -0.0993. The van der Waals surface area contributed by atoms with Crippen LogP contribution in [0.3, 0.4) is 0 Å². The van der Waals surface area contributed by atoms with Crippen LogP contribution in [0.25, 0.3) is 0 Å². The molecule has 1 atom stereocenters. The normalized spacial score (nSPS) is 16.5. The summed E-state index contributed by atoms with van der Waals surface area (Å²) < 4.78 is 23.8. The van der Waals surface area contributed by atoms with E-state index in [0.717, 1.165) is 6.42 Å². The molecule has 1 N–H and O–H groups in total. The van der Waals surface area contributed by atoms with Gasteiger partial charge in [-0.25, -0.2) is 4.39 Å². The molecule has 0 fully saturated rings. The standard InChI is InChI=1S/C18H18FNO3/c19-15-5-7-16(8-6-15)23-12-18(21)20-10-17-9-13-3-1-2-4-14(13)11-22-17/h1-8,17H,9-12H2,(H,20,21). The topological polar surface area (TPSA) is 47.6 Å². The van der Waals surface area contributed by atoms with Crippen molar-refractivity contribution in [1.82, 2.24) is 5.32 Å². The fraction of sp³-hybridized carbons (Fsp3) is 0.278. The first-order valence-electron chi connectivity index (χ1n) is 7.54. The second-order valence-electron chi connectivity index (χ2n) is 5.45. The van der Waals surface area contributed by atoms with Gasteiger partial charge in [0.1, 0.15) is 11.6 Å². The fourth-order valence-electron chi connectivity index (χ4n) is 2.50. The van der Waals surface area contributed by atoms with Gasteiger partial charge in [-0.3, -0.25) is 4.79 Å². The van der Waals surface area contributed by atoms with Crippen molar-refractivity contribution in [2.75, 3.05) is 13.2 Å². The minimum absolute atomic E-state index is 0.0281. The Balaban J connectivity index is 1.42. The molecule has 1 aliphatic rings. The summed E-state index contributed by atoms with van der Waals surface area (Å²) in [6, 6.07) is 13.7. The first-order chi connectivity index (χ1) is 11.2. The molecular weight excluding hydrogens is 297 g/mol. The number of carbonyl (C=O) groups is 1. The van der Waals surface area contributed by atoms with E-state index in [2.05, 4.69) is 17.4 Å². The number of fused-ring (bicyclic) bond motifs is 1. The van der Waals surface area contributed by atoms with Crippen LogP contribution in [-0.2, 0) is 22.6 Å². The molecule has 1 amide bonds. The number of carbonyl (C=O) groups excluding carboxylic acids is 1. The molecule has 0 radical (unpaired) electrons. The maximum Gasteiger partial charge on any atom is 0.258 e. The molecule has 4 nitrogen and oxygen atoms in total. The highest BCUT2D eigenvalue weighted by Gasteiger charge is 2.19. The average Bonchev–Trinajstić information content (AvgIpc) is 2.59. The van der Waals surface area contributed by atoms with Gasteiger partial charge in [-0.05, 0) is 35.4 Å². The number of nitrogens with one attached hydrogen (secondary N) is 1. The summed E-state index contributed by atoms with van der Waals surface area (Å²) in [6.07, 6.45) is 0.759. The maximum absolute atomic E-state index is 12.8. The molecule has 3 rings (SSSR count). The van der Waals surface area contributed by atoms with Gasteiger partial charge in [0.25, 0.3) is 5.91 Å². The molecule has 5 heteroatoms. The molecule has 0 saturated carbocycles. The molecule has 0 aliphatic carbocycles. The van der Waals surface area contributed by atoms with Gasteiger partial charge in [-0.2, -0.15) is 0 Å². The zero-order chi connectivity index (χ0) is 16.1. The zero-order valence-corrected chi connectivity index (χ0v) is 12.6. The van der Waals surface area contributed by atoms with Crippen LogP contribution in [0.1, 0.15) is 11.1 Å². The van der Waals surface area contributed by atoms with Crippen LogP contribution in [0, 0.1) is 5.82 Å². The number of ether oxygens (including phenoxy) is 2. The average molecular weight is 315 g/mol. The minimum Gasteiger partial charge on any atom is -0.484 e. The van der Waals surface area contributed by atoms with E-state index in [-0.39, 0.29) is 24.4 Å². The van der Waals surface area contributed by atoms with E-state index < -0.39 is 0 Å². The lowest BCUT2D eigenvalue weighted by atomic mass is 9.99. The highest BCUT2D eigenvalue weighted by Crippen LogP contribution is 2.19. The molecule has 2 aromatic carbocycles. The monoisotopic (exact) mass is 315 g/mol. The quantitative estimate of drug-likeness (QED) is 0.922. The number of halogens is 1. The molecule has 1 heterocycles. The summed E-state index contributed by atoms with van der Waals surface area (Å²) >= 11 is 0. The Morgan fingerprint density at radius 2 is 1.91 bits per heavy atom. The molecule has 0 bridgehead atoms. The van der Waals surface area contributed by atoms with Crippen LogP contribution in [-0.4, -0.2) is 25.2 Å². The lowest BCUT2D eigenvalue weighted by molar-refractivity contribution is -0.123. The molecule has 1 unspecified atom stereocenters. The first-order valence-corrected chi connectivity index (χ1v) is 7.54. The van der Waals surface area contributed by atoms with Crippen LogP contribution in [0.15, 0.2) is 48.5 Å². The van der Waals surface area contributed by atoms with E-state index in [1.807, 2.05) is 12.1 Å². The Bertz CT molecular complexity index is 672. The molecule has 2 aromatic rings. The van der Waals surface area contributed by atoms with Crippen LogP contribution < -0.4 is 10.1 Å². The van der Waals surface area contributed by atoms with Gasteiger partial charge < -0.3 is 14.8 Å². The van der Waals surface area contributed by atoms with Gasteiger partial charge in [0, 0.05) is 13.0 Å². The van der Waals surface area contributed by atoms with Gasteiger partial charge in [0.15, 0.2) is 6.61 Å². The van der Waals surface area contributed by atoms with Crippen LogP contribution in [0.2, 0.25) is 0 Å².